The zero-order valence-electron chi connectivity index (χ0n) is 7.45. The van der Waals surface area contributed by atoms with E-state index in [4.69, 9.17) is 11.6 Å². The number of rotatable bonds is 1. The second kappa shape index (κ2) is 3.97. The van der Waals surface area contributed by atoms with Gasteiger partial charge in [-0.1, -0.05) is 54.1 Å². The van der Waals surface area contributed by atoms with Crippen LogP contribution < -0.4 is 0 Å². The molecule has 1 atom stereocenters. The van der Waals surface area contributed by atoms with Gasteiger partial charge in [0, 0.05) is 5.92 Å². The van der Waals surface area contributed by atoms with Gasteiger partial charge in [-0.25, -0.2) is 4.39 Å². The first-order chi connectivity index (χ1) is 6.77. The van der Waals surface area contributed by atoms with E-state index in [0.717, 1.165) is 5.56 Å². The Morgan fingerprint density at radius 2 is 1.86 bits per heavy atom. The van der Waals surface area contributed by atoms with Gasteiger partial charge in [0.05, 0.1) is 5.03 Å². The lowest BCUT2D eigenvalue weighted by atomic mass is 9.94. The summed E-state index contributed by atoms with van der Waals surface area (Å²) in [5.41, 5.74) is 1.12. The highest BCUT2D eigenvalue weighted by Crippen LogP contribution is 2.32. The fourth-order valence-corrected chi connectivity index (χ4v) is 1.64. The minimum absolute atomic E-state index is 0.0863. The molecule has 0 N–H and O–H groups in total. The monoisotopic (exact) mass is 207 g/mol. The molecule has 2 rings (SSSR count). The third kappa shape index (κ3) is 1.88. The summed E-state index contributed by atoms with van der Waals surface area (Å²) in [6.45, 7) is 0. The van der Waals surface area contributed by atoms with Crippen LogP contribution in [0.25, 0.3) is 0 Å². The SMILES string of the molecule is F[C]1C=CC(c2ccccc2)C=C1Cl. The maximum atomic E-state index is 12.9. The van der Waals surface area contributed by atoms with Crippen molar-refractivity contribution in [3.05, 3.63) is 65.3 Å². The second-order valence-electron chi connectivity index (χ2n) is 3.16. The van der Waals surface area contributed by atoms with E-state index in [-0.39, 0.29) is 17.1 Å². The van der Waals surface area contributed by atoms with Gasteiger partial charge in [0.25, 0.3) is 0 Å². The van der Waals surface area contributed by atoms with E-state index in [2.05, 4.69) is 0 Å². The van der Waals surface area contributed by atoms with Crippen LogP contribution in [0, 0.1) is 6.17 Å². The van der Waals surface area contributed by atoms with Gasteiger partial charge in [-0.15, -0.1) is 0 Å². The Kier molecular flexibility index (Phi) is 2.69. The van der Waals surface area contributed by atoms with Crippen molar-refractivity contribution in [2.75, 3.05) is 0 Å². The molecule has 0 spiro atoms. The van der Waals surface area contributed by atoms with Gasteiger partial charge in [0.2, 0.25) is 6.17 Å². The van der Waals surface area contributed by atoms with E-state index in [9.17, 15) is 4.39 Å². The molecule has 0 nitrogen and oxygen atoms in total. The third-order valence-electron chi connectivity index (χ3n) is 2.19. The first-order valence-electron chi connectivity index (χ1n) is 4.40. The van der Waals surface area contributed by atoms with E-state index >= 15 is 0 Å². The lowest BCUT2D eigenvalue weighted by Gasteiger charge is -2.14. The van der Waals surface area contributed by atoms with Crippen molar-refractivity contribution in [3.8, 4) is 0 Å². The molecule has 71 valence electrons. The predicted octanol–water partition coefficient (Wildman–Crippen LogP) is 3.96. The molecule has 0 amide bonds. The maximum Gasteiger partial charge on any atom is 0.206 e. The van der Waals surface area contributed by atoms with Crippen molar-refractivity contribution in [2.24, 2.45) is 0 Å². The van der Waals surface area contributed by atoms with Crippen LogP contribution in [0.1, 0.15) is 11.5 Å². The molecular weight excluding hydrogens is 199 g/mol. The zero-order chi connectivity index (χ0) is 9.97. The normalized spacial score (nSPS) is 22.1. The largest absolute Gasteiger partial charge is 0.229 e. The van der Waals surface area contributed by atoms with E-state index in [0.29, 0.717) is 0 Å². The molecule has 0 heterocycles. The van der Waals surface area contributed by atoms with Gasteiger partial charge < -0.3 is 0 Å². The lowest BCUT2D eigenvalue weighted by molar-refractivity contribution is 0.577. The molecule has 0 saturated heterocycles. The number of hydrogen-bond donors (Lipinski definition) is 0. The predicted molar refractivity (Wildman–Crippen MR) is 56.6 cm³/mol. The molecule has 0 saturated carbocycles. The van der Waals surface area contributed by atoms with Crippen LogP contribution >= 0.6 is 11.6 Å². The maximum absolute atomic E-state index is 12.9. The summed E-state index contributed by atoms with van der Waals surface area (Å²) in [5, 5.41) is 0.196. The Labute approximate surface area is 87.7 Å². The molecule has 1 aliphatic rings. The summed E-state index contributed by atoms with van der Waals surface area (Å²) in [6, 6.07) is 9.87. The molecule has 1 aromatic carbocycles. The highest BCUT2D eigenvalue weighted by atomic mass is 35.5. The fourth-order valence-electron chi connectivity index (χ4n) is 1.44. The Hall–Kier alpha value is -1.08. The Bertz CT molecular complexity index is 367. The highest BCUT2D eigenvalue weighted by Gasteiger charge is 2.17. The average molecular weight is 208 g/mol. The number of hydrogen-bond acceptors (Lipinski definition) is 0. The number of halogens is 2. The van der Waals surface area contributed by atoms with E-state index in [1.54, 1.807) is 12.2 Å². The minimum Gasteiger partial charge on any atom is -0.229 e. The van der Waals surface area contributed by atoms with Gasteiger partial charge in [-0.05, 0) is 11.6 Å². The van der Waals surface area contributed by atoms with Crippen LogP contribution in [-0.4, -0.2) is 0 Å². The summed E-state index contributed by atoms with van der Waals surface area (Å²) in [5.74, 6) is 0.0863. The molecule has 2 heteroatoms. The van der Waals surface area contributed by atoms with Crippen LogP contribution in [0.5, 0.6) is 0 Å². The van der Waals surface area contributed by atoms with Crippen molar-refractivity contribution in [1.29, 1.82) is 0 Å². The van der Waals surface area contributed by atoms with E-state index < -0.39 is 0 Å². The fraction of sp³-hybridized carbons (Fsp3) is 0.0833. The number of allylic oxidation sites excluding steroid dienone is 4. The van der Waals surface area contributed by atoms with Crippen LogP contribution in [0.15, 0.2) is 53.6 Å². The molecule has 0 bridgehead atoms. The van der Waals surface area contributed by atoms with E-state index in [1.165, 1.54) is 6.08 Å². The van der Waals surface area contributed by atoms with Crippen molar-refractivity contribution < 1.29 is 4.39 Å². The highest BCUT2D eigenvalue weighted by molar-refractivity contribution is 6.31. The van der Waals surface area contributed by atoms with Crippen molar-refractivity contribution in [2.45, 2.75) is 5.92 Å². The van der Waals surface area contributed by atoms with Crippen molar-refractivity contribution in [3.63, 3.8) is 0 Å². The average Bonchev–Trinajstić information content (AvgIpc) is 2.23. The molecule has 1 radical (unpaired) electrons. The third-order valence-corrected chi connectivity index (χ3v) is 2.49. The summed E-state index contributed by atoms with van der Waals surface area (Å²) in [7, 11) is 0. The van der Waals surface area contributed by atoms with Crippen LogP contribution in [0.3, 0.4) is 0 Å². The van der Waals surface area contributed by atoms with Gasteiger partial charge in [-0.2, -0.15) is 0 Å². The molecule has 0 aromatic heterocycles. The van der Waals surface area contributed by atoms with Crippen LogP contribution in [-0.2, 0) is 0 Å². The van der Waals surface area contributed by atoms with E-state index in [1.807, 2.05) is 30.3 Å². The quantitative estimate of drug-likeness (QED) is 0.654. The van der Waals surface area contributed by atoms with Gasteiger partial charge in [0.15, 0.2) is 0 Å². The van der Waals surface area contributed by atoms with Crippen molar-refractivity contribution >= 4 is 11.6 Å². The Balaban J connectivity index is 2.26. The first-order valence-corrected chi connectivity index (χ1v) is 4.78. The summed E-state index contributed by atoms with van der Waals surface area (Å²) >= 11 is 5.71. The standard InChI is InChI=1S/C12H9ClF/c13-11-8-10(6-7-12(11)14)9-4-2-1-3-5-9/h1-8,10H. The molecule has 1 unspecified atom stereocenters. The molecular formula is C12H9ClF. The van der Waals surface area contributed by atoms with Crippen molar-refractivity contribution in [1.82, 2.24) is 0 Å². The summed E-state index contributed by atoms with van der Waals surface area (Å²) in [6.07, 6.45) is 4.57. The molecule has 1 aromatic rings. The van der Waals surface area contributed by atoms with Gasteiger partial charge in [-0.3, -0.25) is 0 Å². The minimum atomic E-state index is -0.362. The zero-order valence-corrected chi connectivity index (χ0v) is 8.21. The van der Waals surface area contributed by atoms with Crippen LogP contribution in [0.4, 0.5) is 4.39 Å². The van der Waals surface area contributed by atoms with Crippen LogP contribution in [0.2, 0.25) is 0 Å². The molecule has 14 heavy (non-hydrogen) atoms. The molecule has 0 fully saturated rings. The number of benzene rings is 1. The smallest absolute Gasteiger partial charge is 0.206 e. The van der Waals surface area contributed by atoms with Gasteiger partial charge in [0.1, 0.15) is 0 Å². The topological polar surface area (TPSA) is 0 Å². The lowest BCUT2D eigenvalue weighted by Crippen LogP contribution is -1.99. The second-order valence-corrected chi connectivity index (χ2v) is 3.57. The van der Waals surface area contributed by atoms with Gasteiger partial charge >= 0.3 is 0 Å². The first kappa shape index (κ1) is 9.47. The molecule has 0 aliphatic heterocycles. The summed E-state index contributed by atoms with van der Waals surface area (Å²) in [4.78, 5) is 0. The Morgan fingerprint density at radius 3 is 2.50 bits per heavy atom. The summed E-state index contributed by atoms with van der Waals surface area (Å²) < 4.78 is 12.9. The Morgan fingerprint density at radius 1 is 1.14 bits per heavy atom. The molecule has 1 aliphatic carbocycles.